The third kappa shape index (κ3) is 6.89. The molecule has 0 aliphatic heterocycles. The molecule has 39 heavy (non-hydrogen) atoms. The topological polar surface area (TPSA) is 46.9 Å². The Morgan fingerprint density at radius 2 is 0.923 bits per heavy atom. The van der Waals surface area contributed by atoms with Gasteiger partial charge in [0.05, 0.1) is 0 Å². The molecule has 0 aliphatic carbocycles. The van der Waals surface area contributed by atoms with E-state index in [9.17, 15) is 10.2 Å². The lowest BCUT2D eigenvalue weighted by atomic mass is 9.86. The molecule has 2 atom stereocenters. The lowest BCUT2D eigenvalue weighted by Crippen LogP contribution is -2.13. The second-order valence-corrected chi connectivity index (χ2v) is 11.3. The van der Waals surface area contributed by atoms with Gasteiger partial charge in [0.25, 0.3) is 0 Å². The van der Waals surface area contributed by atoms with E-state index in [1.807, 2.05) is 36.4 Å². The van der Waals surface area contributed by atoms with Crippen LogP contribution in [0, 0.1) is 0 Å². The Kier molecular flexibility index (Phi) is 9.11. The molecule has 4 nitrogen and oxygen atoms in total. The second-order valence-electron chi connectivity index (χ2n) is 11.3. The highest BCUT2D eigenvalue weighted by Crippen LogP contribution is 2.39. The third-order valence-corrected chi connectivity index (χ3v) is 7.47. The molecule has 4 heteroatoms. The summed E-state index contributed by atoms with van der Waals surface area (Å²) in [6.45, 7) is 5.82. The predicted octanol–water partition coefficient (Wildman–Crippen LogP) is 7.12. The van der Waals surface area contributed by atoms with E-state index in [-0.39, 0.29) is 11.8 Å². The summed E-state index contributed by atoms with van der Waals surface area (Å²) in [5.74, 6) is 0.691. The number of nitrogens with zero attached hydrogens (tertiary/aromatic N) is 2. The van der Waals surface area contributed by atoms with E-state index in [4.69, 9.17) is 0 Å². The zero-order chi connectivity index (χ0) is 28.1. The summed E-state index contributed by atoms with van der Waals surface area (Å²) in [4.78, 5) is 4.28. The van der Waals surface area contributed by atoms with Crippen molar-refractivity contribution in [1.29, 1.82) is 0 Å². The van der Waals surface area contributed by atoms with Crippen LogP contribution in [0.15, 0.2) is 84.9 Å². The highest BCUT2D eigenvalue weighted by molar-refractivity contribution is 5.54. The number of aromatic hydroxyl groups is 2. The fourth-order valence-electron chi connectivity index (χ4n) is 5.46. The normalized spacial score (nSPS) is 13.1. The van der Waals surface area contributed by atoms with Crippen LogP contribution in [-0.4, -0.2) is 48.2 Å². The fourth-order valence-corrected chi connectivity index (χ4v) is 5.46. The number of phenols is 2. The minimum atomic E-state index is 0.0365. The van der Waals surface area contributed by atoms with Crippen molar-refractivity contribution in [2.75, 3.05) is 28.2 Å². The van der Waals surface area contributed by atoms with Crippen LogP contribution in [-0.2, 0) is 19.5 Å². The molecule has 0 fully saturated rings. The minimum absolute atomic E-state index is 0.0365. The maximum absolute atomic E-state index is 11.6. The average molecular weight is 523 g/mol. The number of benzene rings is 4. The van der Waals surface area contributed by atoms with E-state index >= 15 is 0 Å². The molecule has 0 saturated heterocycles. The third-order valence-electron chi connectivity index (χ3n) is 7.47. The smallest absolute Gasteiger partial charge is 0.122 e. The Morgan fingerprint density at radius 1 is 0.564 bits per heavy atom. The van der Waals surface area contributed by atoms with Gasteiger partial charge >= 0.3 is 0 Å². The van der Waals surface area contributed by atoms with Crippen molar-refractivity contribution in [2.24, 2.45) is 0 Å². The van der Waals surface area contributed by atoms with E-state index in [1.165, 1.54) is 0 Å². The number of rotatable bonds is 10. The summed E-state index contributed by atoms with van der Waals surface area (Å²) in [7, 11) is 8.22. The molecule has 0 spiro atoms. The average Bonchev–Trinajstić information content (AvgIpc) is 2.91. The van der Waals surface area contributed by atoms with E-state index in [2.05, 4.69) is 100 Å². The monoisotopic (exact) mass is 522 g/mol. The highest BCUT2D eigenvalue weighted by Gasteiger charge is 2.21. The number of phenolic OH excluding ortho intramolecular Hbond substituents is 2. The molecular weight excluding hydrogens is 480 g/mol. The van der Waals surface area contributed by atoms with Crippen LogP contribution in [0.2, 0.25) is 0 Å². The molecule has 0 aliphatic rings. The first-order valence-corrected chi connectivity index (χ1v) is 13.7. The second kappa shape index (κ2) is 12.5. The number of hydrogen-bond acceptors (Lipinski definition) is 4. The van der Waals surface area contributed by atoms with Crippen molar-refractivity contribution in [3.8, 4) is 11.5 Å². The largest absolute Gasteiger partial charge is 0.507 e. The van der Waals surface area contributed by atoms with Crippen molar-refractivity contribution in [2.45, 2.75) is 45.2 Å². The maximum atomic E-state index is 11.6. The van der Waals surface area contributed by atoms with Crippen molar-refractivity contribution < 1.29 is 10.2 Å². The van der Waals surface area contributed by atoms with Gasteiger partial charge in [0, 0.05) is 42.5 Å². The summed E-state index contributed by atoms with van der Waals surface area (Å²) in [5.41, 5.74) is 8.12. The molecule has 0 heterocycles. The van der Waals surface area contributed by atoms with Gasteiger partial charge < -0.3 is 20.0 Å². The van der Waals surface area contributed by atoms with Gasteiger partial charge in [-0.25, -0.2) is 0 Å². The van der Waals surface area contributed by atoms with E-state index in [1.54, 1.807) is 0 Å². The minimum Gasteiger partial charge on any atom is -0.507 e. The summed E-state index contributed by atoms with van der Waals surface area (Å²) in [5, 5.41) is 23.2. The Morgan fingerprint density at radius 3 is 1.26 bits per heavy atom. The van der Waals surface area contributed by atoms with Crippen LogP contribution < -0.4 is 0 Å². The van der Waals surface area contributed by atoms with Crippen LogP contribution >= 0.6 is 0 Å². The van der Waals surface area contributed by atoms with Crippen LogP contribution in [0.1, 0.15) is 70.2 Å². The number of hydrogen-bond donors (Lipinski definition) is 2. The Bertz CT molecular complexity index is 1270. The molecule has 0 saturated carbocycles. The molecule has 4 aromatic carbocycles. The van der Waals surface area contributed by atoms with Crippen LogP contribution in [0.3, 0.4) is 0 Å². The first-order chi connectivity index (χ1) is 18.6. The first-order valence-electron chi connectivity index (χ1n) is 13.7. The van der Waals surface area contributed by atoms with Crippen LogP contribution in [0.5, 0.6) is 11.5 Å². The maximum Gasteiger partial charge on any atom is 0.122 e. The molecular formula is C35H42N2O2. The molecule has 0 radical (unpaired) electrons. The fraction of sp³-hybridized carbons (Fsp3) is 0.314. The zero-order valence-electron chi connectivity index (χ0n) is 24.1. The van der Waals surface area contributed by atoms with Gasteiger partial charge in [-0.3, -0.25) is 0 Å². The lowest BCUT2D eigenvalue weighted by molar-refractivity contribution is 0.400. The van der Waals surface area contributed by atoms with Crippen LogP contribution in [0.4, 0.5) is 0 Å². The molecule has 0 amide bonds. The highest BCUT2D eigenvalue weighted by atomic mass is 16.3. The van der Waals surface area contributed by atoms with Crippen LogP contribution in [0.25, 0.3) is 0 Å². The lowest BCUT2D eigenvalue weighted by Gasteiger charge is -2.22. The Hall–Kier alpha value is -3.60. The van der Waals surface area contributed by atoms with Crippen molar-refractivity contribution >= 4 is 0 Å². The summed E-state index contributed by atoms with van der Waals surface area (Å²) < 4.78 is 0. The van der Waals surface area contributed by atoms with Crippen molar-refractivity contribution in [3.63, 3.8) is 0 Å². The van der Waals surface area contributed by atoms with E-state index < -0.39 is 0 Å². The van der Waals surface area contributed by atoms with E-state index in [0.29, 0.717) is 17.9 Å². The Labute approximate surface area is 234 Å². The summed E-state index contributed by atoms with van der Waals surface area (Å²) >= 11 is 0. The summed E-state index contributed by atoms with van der Waals surface area (Å²) in [6.07, 6.45) is 0.448. The SMILES string of the molecule is CC(c1ccccc1)c1cc(CN(C)C)cc(Cc2cc(CN(C)C)cc(C(C)c3ccccc3)c2O)c1O. The van der Waals surface area contributed by atoms with Gasteiger partial charge in [0.2, 0.25) is 0 Å². The van der Waals surface area contributed by atoms with Gasteiger partial charge in [-0.05, 0) is 61.6 Å². The van der Waals surface area contributed by atoms with E-state index in [0.717, 1.165) is 57.6 Å². The molecule has 2 unspecified atom stereocenters. The molecule has 4 aromatic rings. The quantitative estimate of drug-likeness (QED) is 0.233. The van der Waals surface area contributed by atoms with Gasteiger partial charge in [-0.1, -0.05) is 98.8 Å². The molecule has 4 rings (SSSR count). The molecule has 0 aromatic heterocycles. The summed E-state index contributed by atoms with van der Waals surface area (Å²) in [6, 6.07) is 29.1. The molecule has 0 bridgehead atoms. The molecule has 204 valence electrons. The van der Waals surface area contributed by atoms with Gasteiger partial charge in [0.1, 0.15) is 11.5 Å². The first kappa shape index (κ1) is 28.4. The Balaban J connectivity index is 1.81. The predicted molar refractivity (Wildman–Crippen MR) is 162 cm³/mol. The van der Waals surface area contributed by atoms with Crippen molar-refractivity contribution in [1.82, 2.24) is 9.80 Å². The van der Waals surface area contributed by atoms with Crippen molar-refractivity contribution in [3.05, 3.63) is 129 Å². The van der Waals surface area contributed by atoms with Gasteiger partial charge in [-0.15, -0.1) is 0 Å². The zero-order valence-corrected chi connectivity index (χ0v) is 24.1. The van der Waals surface area contributed by atoms with Gasteiger partial charge in [0.15, 0.2) is 0 Å². The molecule has 2 N–H and O–H groups in total. The standard InChI is InChI=1S/C35H42N2O2/c1-24(28-13-9-7-10-14-28)32-19-26(22-36(3)4)17-30(34(32)38)21-31-18-27(23-37(5)6)20-33(35(31)39)25(2)29-15-11-8-12-16-29/h7-20,24-25,38-39H,21-23H2,1-6H3. The van der Waals surface area contributed by atoms with Gasteiger partial charge in [-0.2, -0.15) is 0 Å².